The van der Waals surface area contributed by atoms with Crippen LogP contribution >= 0.6 is 0 Å². The standard InChI is InChI=1S/C46H48N10O2/c1-3-54(43-13-11-38-36-9-7-33(56-17-5-15-49-56)20-30(36)27-58-46(38)51-43)41-22-31-21-34(18-28(41)23-47-31)53-24-39-40(25-53)44(39)52(2)42-12-10-37-35-8-6-32(55-16-4-14-48-55)19-29(35)26-57-45(37)50-42/h4-17,19-20,28,31,34,39-41,44,47H,3,18,21-27H2,1-2H3/t28-,31+,34?,39-,40+,41+,44?/m1/s1. The van der Waals surface area contributed by atoms with E-state index in [0.717, 1.165) is 76.5 Å². The second kappa shape index (κ2) is 13.4. The molecule has 0 spiro atoms. The third-order valence-corrected chi connectivity index (χ3v) is 14.1. The first-order valence-electron chi connectivity index (χ1n) is 21.1. The van der Waals surface area contributed by atoms with Gasteiger partial charge in [0.05, 0.1) is 11.4 Å². The number of aromatic nitrogens is 6. The van der Waals surface area contributed by atoms with Crippen LogP contribution in [0.2, 0.25) is 0 Å². The lowest BCUT2D eigenvalue weighted by atomic mass is 9.88. The normalized spacial score (nSPS) is 26.3. The Morgan fingerprint density at radius 3 is 1.93 bits per heavy atom. The third-order valence-electron chi connectivity index (χ3n) is 14.1. The van der Waals surface area contributed by atoms with Crippen molar-refractivity contribution in [1.29, 1.82) is 0 Å². The molecule has 9 heterocycles. The molecule has 2 unspecified atom stereocenters. The zero-order valence-corrected chi connectivity index (χ0v) is 33.0. The minimum atomic E-state index is 0.457. The Morgan fingerprint density at radius 2 is 1.33 bits per heavy atom. The molecule has 3 saturated heterocycles. The lowest BCUT2D eigenvalue weighted by Gasteiger charge is -2.41. The molecule has 0 amide bonds. The molecule has 6 aromatic rings. The maximum atomic E-state index is 6.33. The first kappa shape index (κ1) is 34.3. The lowest BCUT2D eigenvalue weighted by Crippen LogP contribution is -2.52. The second-order valence-electron chi connectivity index (χ2n) is 17.2. The number of benzene rings is 2. The van der Waals surface area contributed by atoms with E-state index in [1.807, 2.05) is 33.9 Å². The molecule has 12 heteroatoms. The van der Waals surface area contributed by atoms with E-state index in [2.05, 4.69) is 105 Å². The van der Waals surface area contributed by atoms with Crippen LogP contribution in [0.3, 0.4) is 0 Å². The Bertz CT molecular complexity index is 2490. The Kier molecular flexibility index (Phi) is 7.94. The van der Waals surface area contributed by atoms with Crippen molar-refractivity contribution in [3.63, 3.8) is 0 Å². The van der Waals surface area contributed by atoms with E-state index in [0.29, 0.717) is 55.1 Å². The average molecular weight is 773 g/mol. The Balaban J connectivity index is 0.706. The average Bonchev–Trinajstić information content (AvgIpc) is 3.72. The van der Waals surface area contributed by atoms with E-state index in [-0.39, 0.29) is 0 Å². The van der Waals surface area contributed by atoms with Gasteiger partial charge in [0.1, 0.15) is 24.8 Å². The van der Waals surface area contributed by atoms with E-state index in [1.165, 1.54) is 37.1 Å². The van der Waals surface area contributed by atoms with Crippen molar-refractivity contribution in [3.05, 3.63) is 109 Å². The molecule has 7 aliphatic rings. The number of hydrogen-bond donors (Lipinski definition) is 1. The number of anilines is 2. The van der Waals surface area contributed by atoms with Gasteiger partial charge in [-0.2, -0.15) is 20.2 Å². The summed E-state index contributed by atoms with van der Waals surface area (Å²) in [6.45, 7) is 7.65. The number of ether oxygens (including phenoxy) is 2. The molecular formula is C46H48N10O2. The van der Waals surface area contributed by atoms with Gasteiger partial charge in [0, 0.05) is 93.3 Å². The van der Waals surface area contributed by atoms with Gasteiger partial charge in [-0.1, -0.05) is 12.1 Å². The van der Waals surface area contributed by atoms with Crippen LogP contribution in [0.25, 0.3) is 33.6 Å². The minimum Gasteiger partial charge on any atom is -0.472 e. The monoisotopic (exact) mass is 772 g/mol. The molecule has 13 rings (SSSR count). The number of fused-ring (bicyclic) bond motifs is 11. The first-order valence-corrected chi connectivity index (χ1v) is 21.1. The van der Waals surface area contributed by atoms with Crippen molar-refractivity contribution in [2.75, 3.05) is 43.0 Å². The Labute approximate surface area is 338 Å². The number of pyridine rings is 2. The van der Waals surface area contributed by atoms with Crippen molar-refractivity contribution in [2.24, 2.45) is 17.8 Å². The highest BCUT2D eigenvalue weighted by molar-refractivity contribution is 5.77. The largest absolute Gasteiger partial charge is 0.472 e. The van der Waals surface area contributed by atoms with Gasteiger partial charge >= 0.3 is 0 Å². The molecule has 1 N–H and O–H groups in total. The summed E-state index contributed by atoms with van der Waals surface area (Å²) in [6, 6.07) is 27.8. The van der Waals surface area contributed by atoms with Crippen molar-refractivity contribution in [2.45, 2.75) is 63.6 Å². The summed E-state index contributed by atoms with van der Waals surface area (Å²) in [6.07, 6.45) is 11.1. The van der Waals surface area contributed by atoms with Gasteiger partial charge in [0.25, 0.3) is 0 Å². The lowest BCUT2D eigenvalue weighted by molar-refractivity contribution is 0.185. The smallest absolute Gasteiger partial charge is 0.223 e. The topological polar surface area (TPSA) is 102 Å². The molecule has 12 nitrogen and oxygen atoms in total. The van der Waals surface area contributed by atoms with Crippen LogP contribution in [0.5, 0.6) is 11.8 Å². The number of piperidine rings is 2. The highest BCUT2D eigenvalue weighted by Gasteiger charge is 2.59. The second-order valence-corrected chi connectivity index (χ2v) is 17.2. The van der Waals surface area contributed by atoms with E-state index in [1.54, 1.807) is 12.4 Å². The fourth-order valence-corrected chi connectivity index (χ4v) is 11.2. The van der Waals surface area contributed by atoms with Crippen LogP contribution < -0.4 is 24.6 Å². The zero-order valence-electron chi connectivity index (χ0n) is 33.0. The number of nitrogens with zero attached hydrogens (tertiary/aromatic N) is 9. The van der Waals surface area contributed by atoms with Crippen LogP contribution in [0.1, 0.15) is 37.3 Å². The predicted molar refractivity (Wildman–Crippen MR) is 223 cm³/mol. The third kappa shape index (κ3) is 5.63. The van der Waals surface area contributed by atoms with Crippen LogP contribution in [0, 0.1) is 17.8 Å². The van der Waals surface area contributed by atoms with Crippen molar-refractivity contribution in [3.8, 4) is 45.4 Å². The number of rotatable bonds is 8. The quantitative estimate of drug-likeness (QED) is 0.188. The molecule has 2 saturated carbocycles. The molecule has 0 radical (unpaired) electrons. The molecular weight excluding hydrogens is 725 g/mol. The van der Waals surface area contributed by atoms with Gasteiger partial charge in [-0.3, -0.25) is 4.90 Å². The van der Waals surface area contributed by atoms with Crippen molar-refractivity contribution >= 4 is 11.6 Å². The molecule has 5 aliphatic heterocycles. The maximum Gasteiger partial charge on any atom is 0.223 e. The van der Waals surface area contributed by atoms with Crippen LogP contribution in [-0.2, 0) is 13.2 Å². The maximum absolute atomic E-state index is 6.33. The number of nitrogens with one attached hydrogen (secondary N) is 1. The van der Waals surface area contributed by atoms with Gasteiger partial charge in [-0.25, -0.2) is 9.36 Å². The van der Waals surface area contributed by atoms with Crippen molar-refractivity contribution < 1.29 is 9.47 Å². The molecule has 4 aromatic heterocycles. The number of hydrogen-bond acceptors (Lipinski definition) is 10. The summed E-state index contributed by atoms with van der Waals surface area (Å²) >= 11 is 0. The van der Waals surface area contributed by atoms with Gasteiger partial charge in [-0.15, -0.1) is 0 Å². The molecule has 2 aromatic carbocycles. The Morgan fingerprint density at radius 1 is 0.724 bits per heavy atom. The van der Waals surface area contributed by atoms with E-state index < -0.39 is 0 Å². The molecule has 58 heavy (non-hydrogen) atoms. The van der Waals surface area contributed by atoms with E-state index >= 15 is 0 Å². The first-order chi connectivity index (χ1) is 28.6. The summed E-state index contributed by atoms with van der Waals surface area (Å²) in [5.41, 5.74) is 8.91. The van der Waals surface area contributed by atoms with Crippen LogP contribution in [0.15, 0.2) is 97.6 Å². The minimum absolute atomic E-state index is 0.457. The summed E-state index contributed by atoms with van der Waals surface area (Å²) in [4.78, 5) is 18.1. The summed E-state index contributed by atoms with van der Waals surface area (Å²) < 4.78 is 16.4. The fourth-order valence-electron chi connectivity index (χ4n) is 11.2. The highest BCUT2D eigenvalue weighted by Crippen LogP contribution is 2.52. The molecule has 2 aliphatic carbocycles. The van der Waals surface area contributed by atoms with Crippen LogP contribution in [-0.4, -0.2) is 91.8 Å². The number of likely N-dealkylation sites (tertiary alicyclic amines) is 1. The molecule has 294 valence electrons. The Hall–Kier alpha value is -5.72. The van der Waals surface area contributed by atoms with Gasteiger partial charge < -0.3 is 24.6 Å². The van der Waals surface area contributed by atoms with E-state index in [4.69, 9.17) is 19.4 Å². The summed E-state index contributed by atoms with van der Waals surface area (Å²) in [5.74, 6) is 5.45. The SMILES string of the molecule is CCN(c1ccc2c(n1)OCc1cc(-n3cccn3)ccc1-2)[C@H]1C[C@@H]2CC(N3C[C@@H]4C(N(C)c5ccc6c(n5)OCc5cc(-n7cccn7)ccc5-6)[C@@H]4C3)C[C@@H]1CN2. The van der Waals surface area contributed by atoms with Gasteiger partial charge in [0.15, 0.2) is 0 Å². The van der Waals surface area contributed by atoms with Crippen molar-refractivity contribution in [1.82, 2.24) is 39.7 Å². The van der Waals surface area contributed by atoms with E-state index in [9.17, 15) is 0 Å². The van der Waals surface area contributed by atoms with Gasteiger partial charge in [0.2, 0.25) is 11.8 Å². The summed E-state index contributed by atoms with van der Waals surface area (Å²) in [5, 5.41) is 12.7. The highest BCUT2D eigenvalue weighted by atomic mass is 16.5. The zero-order chi connectivity index (χ0) is 38.5. The summed E-state index contributed by atoms with van der Waals surface area (Å²) in [7, 11) is 2.23. The van der Waals surface area contributed by atoms with Crippen LogP contribution in [0.4, 0.5) is 11.6 Å². The molecule has 2 bridgehead atoms. The molecule has 7 atom stereocenters. The van der Waals surface area contributed by atoms with Gasteiger partial charge in [-0.05, 0) is 127 Å². The predicted octanol–water partition coefficient (Wildman–Crippen LogP) is 6.37. The molecule has 5 fully saturated rings. The fraction of sp³-hybridized carbons (Fsp3) is 0.391.